The van der Waals surface area contributed by atoms with Gasteiger partial charge >= 0.3 is 5.97 Å². The van der Waals surface area contributed by atoms with Crippen molar-refractivity contribution < 1.29 is 9.90 Å². The molecule has 0 heterocycles. The highest BCUT2D eigenvalue weighted by Crippen LogP contribution is 2.31. The predicted octanol–water partition coefficient (Wildman–Crippen LogP) is 1.17. The Kier molecular flexibility index (Phi) is 3.39. The SMILES string of the molecule is CC(c1c(C(=O)O)ccc(N)c1N)N(C)C. The average molecular weight is 223 g/mol. The first-order valence-electron chi connectivity index (χ1n) is 4.93. The van der Waals surface area contributed by atoms with Crippen molar-refractivity contribution in [2.45, 2.75) is 13.0 Å². The predicted molar refractivity (Wildman–Crippen MR) is 64.3 cm³/mol. The van der Waals surface area contributed by atoms with Crippen LogP contribution in [0.3, 0.4) is 0 Å². The van der Waals surface area contributed by atoms with E-state index in [9.17, 15) is 4.79 Å². The van der Waals surface area contributed by atoms with Gasteiger partial charge in [0, 0.05) is 11.6 Å². The van der Waals surface area contributed by atoms with Crippen molar-refractivity contribution >= 4 is 17.3 Å². The molecule has 88 valence electrons. The molecule has 1 aromatic carbocycles. The standard InChI is InChI=1S/C11H17N3O2/c1-6(14(2)3)9-7(11(15)16)4-5-8(12)10(9)13/h4-6H,12-13H2,1-3H3,(H,15,16). The zero-order chi connectivity index (χ0) is 12.5. The number of nitrogen functional groups attached to an aromatic ring is 2. The first-order valence-corrected chi connectivity index (χ1v) is 4.93. The zero-order valence-electron chi connectivity index (χ0n) is 9.69. The molecule has 1 rings (SSSR count). The molecule has 0 spiro atoms. The van der Waals surface area contributed by atoms with Gasteiger partial charge in [-0.15, -0.1) is 0 Å². The third kappa shape index (κ3) is 2.09. The Hall–Kier alpha value is -1.75. The number of rotatable bonds is 3. The van der Waals surface area contributed by atoms with E-state index in [1.165, 1.54) is 12.1 Å². The fourth-order valence-electron chi connectivity index (χ4n) is 1.55. The van der Waals surface area contributed by atoms with Crippen molar-refractivity contribution in [1.82, 2.24) is 4.90 Å². The lowest BCUT2D eigenvalue weighted by Crippen LogP contribution is -2.21. The largest absolute Gasteiger partial charge is 0.478 e. The summed E-state index contributed by atoms with van der Waals surface area (Å²) in [5.74, 6) is -0.990. The van der Waals surface area contributed by atoms with Gasteiger partial charge in [0.05, 0.1) is 16.9 Å². The van der Waals surface area contributed by atoms with Crippen LogP contribution >= 0.6 is 0 Å². The second-order valence-corrected chi connectivity index (χ2v) is 3.97. The van der Waals surface area contributed by atoms with Gasteiger partial charge in [0.15, 0.2) is 0 Å². The fraction of sp³-hybridized carbons (Fsp3) is 0.364. The third-order valence-electron chi connectivity index (χ3n) is 2.74. The smallest absolute Gasteiger partial charge is 0.336 e. The lowest BCUT2D eigenvalue weighted by atomic mass is 9.97. The number of carbonyl (C=O) groups is 1. The van der Waals surface area contributed by atoms with Gasteiger partial charge in [-0.3, -0.25) is 0 Å². The van der Waals surface area contributed by atoms with Crippen molar-refractivity contribution in [2.75, 3.05) is 25.6 Å². The molecular weight excluding hydrogens is 206 g/mol. The van der Waals surface area contributed by atoms with Crippen LogP contribution in [0.1, 0.15) is 28.9 Å². The Labute approximate surface area is 94.7 Å². The van der Waals surface area contributed by atoms with Crippen LogP contribution in [0.15, 0.2) is 12.1 Å². The van der Waals surface area contributed by atoms with E-state index in [0.717, 1.165) is 0 Å². The van der Waals surface area contributed by atoms with Gasteiger partial charge in [-0.1, -0.05) is 0 Å². The number of carboxylic acid groups (broad SMARTS) is 1. The third-order valence-corrected chi connectivity index (χ3v) is 2.74. The second-order valence-electron chi connectivity index (χ2n) is 3.97. The Bertz CT molecular complexity index is 416. The molecule has 1 unspecified atom stereocenters. The minimum Gasteiger partial charge on any atom is -0.478 e. The molecule has 0 aliphatic rings. The maximum absolute atomic E-state index is 11.1. The number of nitrogens with zero attached hydrogens (tertiary/aromatic N) is 1. The first kappa shape index (κ1) is 12.3. The molecule has 16 heavy (non-hydrogen) atoms. The maximum atomic E-state index is 11.1. The van der Waals surface area contributed by atoms with E-state index < -0.39 is 5.97 Å². The average Bonchev–Trinajstić information content (AvgIpc) is 2.20. The van der Waals surface area contributed by atoms with Crippen molar-refractivity contribution in [3.05, 3.63) is 23.3 Å². The number of hydrogen-bond donors (Lipinski definition) is 3. The van der Waals surface area contributed by atoms with Gasteiger partial charge in [0.25, 0.3) is 0 Å². The van der Waals surface area contributed by atoms with Gasteiger partial charge in [-0.05, 0) is 33.2 Å². The topological polar surface area (TPSA) is 92.6 Å². The molecule has 0 aliphatic heterocycles. The molecule has 5 N–H and O–H groups in total. The molecule has 0 saturated carbocycles. The van der Waals surface area contributed by atoms with Gasteiger partial charge in [-0.2, -0.15) is 0 Å². The van der Waals surface area contributed by atoms with Crippen LogP contribution in [0, 0.1) is 0 Å². The maximum Gasteiger partial charge on any atom is 0.336 e. The van der Waals surface area contributed by atoms with E-state index in [1.807, 2.05) is 25.9 Å². The van der Waals surface area contributed by atoms with Crippen LogP contribution in [-0.4, -0.2) is 30.1 Å². The lowest BCUT2D eigenvalue weighted by Gasteiger charge is -2.24. The molecule has 5 heteroatoms. The summed E-state index contributed by atoms with van der Waals surface area (Å²) < 4.78 is 0. The number of carboxylic acids is 1. The summed E-state index contributed by atoms with van der Waals surface area (Å²) in [7, 11) is 3.72. The summed E-state index contributed by atoms with van der Waals surface area (Å²) in [4.78, 5) is 13.0. The number of aromatic carboxylic acids is 1. The molecule has 5 nitrogen and oxygen atoms in total. The molecule has 0 radical (unpaired) electrons. The lowest BCUT2D eigenvalue weighted by molar-refractivity contribution is 0.0694. The Morgan fingerprint density at radius 2 is 1.94 bits per heavy atom. The summed E-state index contributed by atoms with van der Waals surface area (Å²) in [6, 6.07) is 2.91. The number of hydrogen-bond acceptors (Lipinski definition) is 4. The summed E-state index contributed by atoms with van der Waals surface area (Å²) >= 11 is 0. The highest BCUT2D eigenvalue weighted by Gasteiger charge is 2.21. The molecule has 0 saturated heterocycles. The van der Waals surface area contributed by atoms with Gasteiger partial charge in [-0.25, -0.2) is 4.79 Å². The van der Waals surface area contributed by atoms with Crippen LogP contribution in [0.2, 0.25) is 0 Å². The van der Waals surface area contributed by atoms with Gasteiger partial charge in [0.2, 0.25) is 0 Å². The quantitative estimate of drug-likeness (QED) is 0.669. The summed E-state index contributed by atoms with van der Waals surface area (Å²) in [6.07, 6.45) is 0. The number of benzene rings is 1. The minimum absolute atomic E-state index is 0.102. The molecule has 1 aromatic rings. The van der Waals surface area contributed by atoms with Crippen molar-refractivity contribution in [3.63, 3.8) is 0 Å². The van der Waals surface area contributed by atoms with E-state index in [-0.39, 0.29) is 11.6 Å². The molecule has 0 fully saturated rings. The summed E-state index contributed by atoms with van der Waals surface area (Å²) in [5, 5.41) is 9.10. The van der Waals surface area contributed by atoms with Crippen LogP contribution in [-0.2, 0) is 0 Å². The first-order chi connectivity index (χ1) is 7.36. The van der Waals surface area contributed by atoms with Crippen molar-refractivity contribution in [3.8, 4) is 0 Å². The van der Waals surface area contributed by atoms with Crippen LogP contribution in [0.25, 0.3) is 0 Å². The molecule has 0 aromatic heterocycles. The van der Waals surface area contributed by atoms with Crippen LogP contribution < -0.4 is 11.5 Å². The molecule has 0 amide bonds. The molecular formula is C11H17N3O2. The van der Waals surface area contributed by atoms with Gasteiger partial charge in [0.1, 0.15) is 0 Å². The van der Waals surface area contributed by atoms with E-state index in [2.05, 4.69) is 0 Å². The van der Waals surface area contributed by atoms with E-state index in [0.29, 0.717) is 16.9 Å². The monoisotopic (exact) mass is 223 g/mol. The zero-order valence-corrected chi connectivity index (χ0v) is 9.69. The van der Waals surface area contributed by atoms with Crippen LogP contribution in [0.4, 0.5) is 11.4 Å². The second kappa shape index (κ2) is 4.40. The van der Waals surface area contributed by atoms with Crippen molar-refractivity contribution in [2.24, 2.45) is 0 Å². The van der Waals surface area contributed by atoms with Gasteiger partial charge < -0.3 is 21.5 Å². The fourth-order valence-corrected chi connectivity index (χ4v) is 1.55. The molecule has 1 atom stereocenters. The summed E-state index contributed by atoms with van der Waals surface area (Å²) in [6.45, 7) is 1.89. The van der Waals surface area contributed by atoms with Crippen molar-refractivity contribution in [1.29, 1.82) is 0 Å². The highest BCUT2D eigenvalue weighted by atomic mass is 16.4. The Morgan fingerprint density at radius 1 is 1.38 bits per heavy atom. The van der Waals surface area contributed by atoms with E-state index in [1.54, 1.807) is 0 Å². The van der Waals surface area contributed by atoms with E-state index in [4.69, 9.17) is 16.6 Å². The highest BCUT2D eigenvalue weighted by molar-refractivity contribution is 5.93. The van der Waals surface area contributed by atoms with Crippen LogP contribution in [0.5, 0.6) is 0 Å². The Balaban J connectivity index is 3.43. The minimum atomic E-state index is -0.990. The summed E-state index contributed by atoms with van der Waals surface area (Å²) in [5.41, 5.74) is 13.1. The number of nitrogens with two attached hydrogens (primary N) is 2. The normalized spacial score (nSPS) is 12.8. The Morgan fingerprint density at radius 3 is 2.38 bits per heavy atom. The van der Waals surface area contributed by atoms with E-state index >= 15 is 0 Å². The molecule has 0 aliphatic carbocycles. The molecule has 0 bridgehead atoms. The number of anilines is 2.